The number of hydrogen-bond acceptors (Lipinski definition) is 6. The number of nitrogen functional groups attached to an aromatic ring is 1. The second kappa shape index (κ2) is 3.27. The smallest absolute Gasteiger partial charge is 0.252 e. The third kappa shape index (κ3) is 1.28. The van der Waals surface area contributed by atoms with E-state index >= 15 is 0 Å². The van der Waals surface area contributed by atoms with Gasteiger partial charge in [0.1, 0.15) is 12.0 Å². The lowest BCUT2D eigenvalue weighted by Crippen LogP contribution is -1.91. The zero-order valence-corrected chi connectivity index (χ0v) is 8.16. The van der Waals surface area contributed by atoms with E-state index in [2.05, 4.69) is 19.9 Å². The molecule has 0 saturated heterocycles. The van der Waals surface area contributed by atoms with Crippen LogP contribution in [0.15, 0.2) is 35.1 Å². The van der Waals surface area contributed by atoms with Gasteiger partial charge in [0.25, 0.3) is 5.71 Å². The molecule has 0 spiro atoms. The summed E-state index contributed by atoms with van der Waals surface area (Å²) in [5.41, 5.74) is 7.12. The predicted octanol–water partition coefficient (Wildman–Crippen LogP) is 1.26. The van der Waals surface area contributed by atoms with E-state index in [0.717, 1.165) is 0 Å². The lowest BCUT2D eigenvalue weighted by atomic mass is 10.3. The van der Waals surface area contributed by atoms with Gasteiger partial charge in [0.2, 0.25) is 5.89 Å². The fourth-order valence-corrected chi connectivity index (χ4v) is 1.37. The lowest BCUT2D eigenvalue weighted by molar-refractivity contribution is 0.604. The van der Waals surface area contributed by atoms with Crippen molar-refractivity contribution in [3.63, 3.8) is 0 Å². The van der Waals surface area contributed by atoms with E-state index in [0.29, 0.717) is 28.6 Å². The maximum Gasteiger partial charge on any atom is 0.252 e. The number of fused-ring (bicyclic) bond motifs is 1. The maximum atomic E-state index is 5.65. The van der Waals surface area contributed by atoms with Gasteiger partial charge in [0.15, 0.2) is 11.3 Å². The minimum absolute atomic E-state index is 0.302. The van der Waals surface area contributed by atoms with Crippen molar-refractivity contribution in [2.24, 2.45) is 0 Å². The maximum absolute atomic E-state index is 5.65. The Morgan fingerprint density at radius 1 is 1.12 bits per heavy atom. The Morgan fingerprint density at radius 3 is 2.81 bits per heavy atom. The zero-order valence-electron chi connectivity index (χ0n) is 8.16. The summed E-state index contributed by atoms with van der Waals surface area (Å²) in [5, 5.41) is 0. The number of oxazole rings is 1. The molecule has 3 aromatic heterocycles. The number of nitrogens with two attached hydrogens (primary N) is 1. The van der Waals surface area contributed by atoms with E-state index in [9.17, 15) is 0 Å². The standard InChI is InChI=1S/C10H7N5O/c11-8-7-10(14-5-13-8)16-9(15-7)6-3-1-2-4-12-6/h1-5H,(H2,11,13,14). The number of anilines is 1. The normalized spacial score (nSPS) is 10.8. The fraction of sp³-hybridized carbons (Fsp3) is 0. The molecule has 0 aliphatic carbocycles. The summed E-state index contributed by atoms with van der Waals surface area (Å²) in [6.45, 7) is 0. The van der Waals surface area contributed by atoms with Crippen LogP contribution in [0.5, 0.6) is 0 Å². The molecular weight excluding hydrogens is 206 g/mol. The Bertz CT molecular complexity index is 634. The summed E-state index contributed by atoms with van der Waals surface area (Å²) >= 11 is 0. The molecular formula is C10H7N5O. The van der Waals surface area contributed by atoms with Gasteiger partial charge in [-0.3, -0.25) is 4.98 Å². The lowest BCUT2D eigenvalue weighted by Gasteiger charge is -1.90. The van der Waals surface area contributed by atoms with E-state index in [-0.39, 0.29) is 0 Å². The molecule has 0 amide bonds. The fourth-order valence-electron chi connectivity index (χ4n) is 1.37. The van der Waals surface area contributed by atoms with Gasteiger partial charge in [-0.05, 0) is 12.1 Å². The summed E-state index contributed by atoms with van der Waals surface area (Å²) in [6, 6.07) is 5.47. The molecule has 0 radical (unpaired) electrons. The van der Waals surface area contributed by atoms with Gasteiger partial charge in [0, 0.05) is 6.20 Å². The van der Waals surface area contributed by atoms with Crippen LogP contribution in [0.25, 0.3) is 22.8 Å². The molecule has 0 unspecified atom stereocenters. The predicted molar refractivity (Wildman–Crippen MR) is 57.2 cm³/mol. The second-order valence-corrected chi connectivity index (χ2v) is 3.15. The van der Waals surface area contributed by atoms with Crippen molar-refractivity contribution in [1.29, 1.82) is 0 Å². The van der Waals surface area contributed by atoms with Gasteiger partial charge in [-0.25, -0.2) is 9.97 Å². The minimum atomic E-state index is 0.302. The first-order valence-corrected chi connectivity index (χ1v) is 4.63. The monoisotopic (exact) mass is 213 g/mol. The molecule has 0 aromatic carbocycles. The van der Waals surface area contributed by atoms with Crippen LogP contribution in [0.4, 0.5) is 5.82 Å². The van der Waals surface area contributed by atoms with Gasteiger partial charge in [-0.2, -0.15) is 4.98 Å². The zero-order chi connectivity index (χ0) is 11.0. The van der Waals surface area contributed by atoms with Crippen LogP contribution in [0.1, 0.15) is 0 Å². The molecule has 6 heteroatoms. The average Bonchev–Trinajstić information content (AvgIpc) is 2.76. The molecule has 3 rings (SSSR count). The highest BCUT2D eigenvalue weighted by Crippen LogP contribution is 2.22. The highest BCUT2D eigenvalue weighted by Gasteiger charge is 2.12. The Hall–Kier alpha value is -2.50. The third-order valence-corrected chi connectivity index (χ3v) is 2.11. The molecule has 0 aliphatic heterocycles. The van der Waals surface area contributed by atoms with Gasteiger partial charge >= 0.3 is 0 Å². The number of pyridine rings is 1. The van der Waals surface area contributed by atoms with Crippen LogP contribution in [0, 0.1) is 0 Å². The molecule has 16 heavy (non-hydrogen) atoms. The Kier molecular flexibility index (Phi) is 1.79. The number of rotatable bonds is 1. The molecule has 6 nitrogen and oxygen atoms in total. The third-order valence-electron chi connectivity index (χ3n) is 2.11. The van der Waals surface area contributed by atoms with Crippen LogP contribution in [0.2, 0.25) is 0 Å². The number of hydrogen-bond donors (Lipinski definition) is 1. The largest absolute Gasteiger partial charge is 0.416 e. The van der Waals surface area contributed by atoms with Gasteiger partial charge < -0.3 is 10.2 Å². The molecule has 0 saturated carbocycles. The molecule has 0 aliphatic rings. The van der Waals surface area contributed by atoms with Crippen molar-refractivity contribution in [2.45, 2.75) is 0 Å². The molecule has 0 fully saturated rings. The van der Waals surface area contributed by atoms with Crippen molar-refractivity contribution in [1.82, 2.24) is 19.9 Å². The quantitative estimate of drug-likeness (QED) is 0.654. The van der Waals surface area contributed by atoms with Crippen LogP contribution >= 0.6 is 0 Å². The van der Waals surface area contributed by atoms with Crippen molar-refractivity contribution >= 4 is 17.0 Å². The average molecular weight is 213 g/mol. The van der Waals surface area contributed by atoms with E-state index in [1.54, 1.807) is 12.3 Å². The Labute approximate surface area is 90.2 Å². The number of nitrogens with zero attached hydrogens (tertiary/aromatic N) is 4. The molecule has 0 atom stereocenters. The summed E-state index contributed by atoms with van der Waals surface area (Å²) in [7, 11) is 0. The summed E-state index contributed by atoms with van der Waals surface area (Å²) in [5.74, 6) is 0.693. The highest BCUT2D eigenvalue weighted by molar-refractivity contribution is 5.81. The Balaban J connectivity index is 2.23. The van der Waals surface area contributed by atoms with E-state index in [4.69, 9.17) is 10.2 Å². The number of aromatic nitrogens is 4. The van der Waals surface area contributed by atoms with Crippen LogP contribution < -0.4 is 5.73 Å². The molecule has 3 heterocycles. The molecule has 0 bridgehead atoms. The first kappa shape index (κ1) is 8.78. The first-order chi connectivity index (χ1) is 7.84. The first-order valence-electron chi connectivity index (χ1n) is 4.63. The van der Waals surface area contributed by atoms with Crippen molar-refractivity contribution in [3.05, 3.63) is 30.7 Å². The summed E-state index contributed by atoms with van der Waals surface area (Å²) in [6.07, 6.45) is 3.00. The molecule has 3 aromatic rings. The highest BCUT2D eigenvalue weighted by atomic mass is 16.4. The molecule has 78 valence electrons. The van der Waals surface area contributed by atoms with Crippen molar-refractivity contribution < 1.29 is 4.42 Å². The van der Waals surface area contributed by atoms with Gasteiger partial charge in [-0.15, -0.1) is 0 Å². The SMILES string of the molecule is Nc1ncnc2oc(-c3ccccn3)nc12. The van der Waals surface area contributed by atoms with Crippen LogP contribution in [-0.4, -0.2) is 19.9 Å². The summed E-state index contributed by atoms with van der Waals surface area (Å²) < 4.78 is 5.43. The van der Waals surface area contributed by atoms with Crippen molar-refractivity contribution in [2.75, 3.05) is 5.73 Å². The van der Waals surface area contributed by atoms with Crippen molar-refractivity contribution in [3.8, 4) is 11.6 Å². The van der Waals surface area contributed by atoms with E-state index in [1.807, 2.05) is 12.1 Å². The second-order valence-electron chi connectivity index (χ2n) is 3.15. The van der Waals surface area contributed by atoms with E-state index < -0.39 is 0 Å². The van der Waals surface area contributed by atoms with Crippen LogP contribution in [-0.2, 0) is 0 Å². The Morgan fingerprint density at radius 2 is 2.06 bits per heavy atom. The minimum Gasteiger partial charge on any atom is -0.416 e. The van der Waals surface area contributed by atoms with Gasteiger partial charge in [-0.1, -0.05) is 6.07 Å². The summed E-state index contributed by atoms with van der Waals surface area (Å²) in [4.78, 5) is 16.1. The molecule has 2 N–H and O–H groups in total. The van der Waals surface area contributed by atoms with E-state index in [1.165, 1.54) is 6.33 Å². The topological polar surface area (TPSA) is 90.7 Å². The van der Waals surface area contributed by atoms with Crippen LogP contribution in [0.3, 0.4) is 0 Å². The van der Waals surface area contributed by atoms with Gasteiger partial charge in [0.05, 0.1) is 0 Å².